The van der Waals surface area contributed by atoms with Gasteiger partial charge in [-0.05, 0) is 24.9 Å². The van der Waals surface area contributed by atoms with Gasteiger partial charge >= 0.3 is 0 Å². The van der Waals surface area contributed by atoms with Gasteiger partial charge in [0.1, 0.15) is 5.54 Å². The van der Waals surface area contributed by atoms with Crippen LogP contribution in [0.4, 0.5) is 0 Å². The Hall–Kier alpha value is -1.41. The second-order valence-electron chi connectivity index (χ2n) is 5.18. The van der Waals surface area contributed by atoms with Crippen LogP contribution in [0.3, 0.4) is 0 Å². The lowest BCUT2D eigenvalue weighted by Crippen LogP contribution is -2.50. The number of ether oxygens (including phenoxy) is 1. The van der Waals surface area contributed by atoms with Gasteiger partial charge in [-0.25, -0.2) is 0 Å². The molecule has 0 saturated carbocycles. The van der Waals surface area contributed by atoms with Crippen molar-refractivity contribution in [3.05, 3.63) is 35.9 Å². The molecule has 2 rings (SSSR count). The van der Waals surface area contributed by atoms with Gasteiger partial charge in [-0.15, -0.1) is 0 Å². The van der Waals surface area contributed by atoms with Gasteiger partial charge in [-0.1, -0.05) is 30.3 Å². The van der Waals surface area contributed by atoms with E-state index < -0.39 is 5.54 Å². The van der Waals surface area contributed by atoms with Crippen LogP contribution in [0.5, 0.6) is 0 Å². The van der Waals surface area contributed by atoms with Crippen molar-refractivity contribution >= 4 is 0 Å². The summed E-state index contributed by atoms with van der Waals surface area (Å²) in [6, 6.07) is 11.9. The van der Waals surface area contributed by atoms with Crippen molar-refractivity contribution < 1.29 is 4.74 Å². The molecule has 1 aromatic rings. The molecular formula is C15H21N3O. The zero-order chi connectivity index (χ0) is 13.7. The number of nitrogens with two attached hydrogens (primary N) is 1. The Labute approximate surface area is 114 Å². The maximum absolute atomic E-state index is 9.46. The number of piperidine rings is 1. The first-order valence-electron chi connectivity index (χ1n) is 6.69. The topological polar surface area (TPSA) is 62.3 Å². The molecule has 0 aliphatic carbocycles. The first-order valence-corrected chi connectivity index (χ1v) is 6.69. The van der Waals surface area contributed by atoms with E-state index in [1.807, 2.05) is 30.3 Å². The summed E-state index contributed by atoms with van der Waals surface area (Å²) in [6.07, 6.45) is 2.43. The molecule has 0 amide bonds. The number of likely N-dealkylation sites (tertiary alicyclic amines) is 1. The zero-order valence-corrected chi connectivity index (χ0v) is 11.4. The fraction of sp³-hybridized carbons (Fsp3) is 0.533. The fourth-order valence-electron chi connectivity index (χ4n) is 2.63. The summed E-state index contributed by atoms with van der Waals surface area (Å²) in [6.45, 7) is 2.38. The molecule has 1 fully saturated rings. The Kier molecular flexibility index (Phi) is 4.54. The summed E-state index contributed by atoms with van der Waals surface area (Å²) >= 11 is 0. The molecule has 1 aliphatic rings. The highest BCUT2D eigenvalue weighted by Gasteiger charge is 2.32. The van der Waals surface area contributed by atoms with Gasteiger partial charge in [0.05, 0.1) is 12.2 Å². The van der Waals surface area contributed by atoms with E-state index in [1.165, 1.54) is 0 Å². The van der Waals surface area contributed by atoms with Gasteiger partial charge in [0.2, 0.25) is 0 Å². The molecule has 0 radical (unpaired) electrons. The highest BCUT2D eigenvalue weighted by Crippen LogP contribution is 2.21. The standard InChI is InChI=1S/C15H21N3O/c1-19-14-8-5-9-18(10-14)12-15(17,11-16)13-6-3-2-4-7-13/h2-4,6-7,14H,5,8-10,12,17H2,1H3. The van der Waals surface area contributed by atoms with Gasteiger partial charge < -0.3 is 10.5 Å². The smallest absolute Gasteiger partial charge is 0.142 e. The van der Waals surface area contributed by atoms with Crippen LogP contribution in [0.15, 0.2) is 30.3 Å². The molecule has 2 atom stereocenters. The van der Waals surface area contributed by atoms with E-state index in [-0.39, 0.29) is 6.10 Å². The predicted molar refractivity (Wildman–Crippen MR) is 74.4 cm³/mol. The summed E-state index contributed by atoms with van der Waals surface area (Å²) in [7, 11) is 1.74. The minimum atomic E-state index is -0.948. The number of rotatable bonds is 4. The molecule has 0 bridgehead atoms. The molecule has 2 unspecified atom stereocenters. The maximum Gasteiger partial charge on any atom is 0.142 e. The summed E-state index contributed by atoms with van der Waals surface area (Å²) in [5.41, 5.74) is 6.22. The summed E-state index contributed by atoms with van der Waals surface area (Å²) in [5, 5.41) is 9.46. The highest BCUT2D eigenvalue weighted by atomic mass is 16.5. The van der Waals surface area contributed by atoms with Gasteiger partial charge in [0, 0.05) is 20.2 Å². The van der Waals surface area contributed by atoms with E-state index in [9.17, 15) is 5.26 Å². The first-order chi connectivity index (χ1) is 9.18. The molecule has 4 nitrogen and oxygen atoms in total. The molecule has 2 N–H and O–H groups in total. The van der Waals surface area contributed by atoms with Crippen molar-refractivity contribution in [1.82, 2.24) is 4.90 Å². The lowest BCUT2D eigenvalue weighted by atomic mass is 9.91. The quantitative estimate of drug-likeness (QED) is 0.889. The second-order valence-corrected chi connectivity index (χ2v) is 5.18. The summed E-state index contributed by atoms with van der Waals surface area (Å²) in [5.74, 6) is 0. The van der Waals surface area contributed by atoms with Crippen molar-refractivity contribution in [3.8, 4) is 6.07 Å². The monoisotopic (exact) mass is 259 g/mol. The van der Waals surface area contributed by atoms with E-state index in [1.54, 1.807) is 7.11 Å². The minimum absolute atomic E-state index is 0.257. The van der Waals surface area contributed by atoms with Crippen LogP contribution < -0.4 is 5.73 Å². The fourth-order valence-corrected chi connectivity index (χ4v) is 2.63. The number of hydrogen-bond acceptors (Lipinski definition) is 4. The summed E-state index contributed by atoms with van der Waals surface area (Å²) < 4.78 is 5.41. The van der Waals surface area contributed by atoms with E-state index in [2.05, 4.69) is 11.0 Å². The van der Waals surface area contributed by atoms with Gasteiger partial charge in [0.25, 0.3) is 0 Å². The van der Waals surface area contributed by atoms with Crippen LogP contribution in [-0.4, -0.2) is 37.7 Å². The predicted octanol–water partition coefficient (Wildman–Crippen LogP) is 1.47. The van der Waals surface area contributed by atoms with Gasteiger partial charge in [-0.3, -0.25) is 4.90 Å². The Balaban J connectivity index is 2.09. The molecular weight excluding hydrogens is 238 g/mol. The van der Waals surface area contributed by atoms with Crippen LogP contribution in [0.1, 0.15) is 18.4 Å². The van der Waals surface area contributed by atoms with Crippen molar-refractivity contribution in [2.75, 3.05) is 26.7 Å². The average Bonchev–Trinajstić information content (AvgIpc) is 2.48. The molecule has 0 aromatic heterocycles. The second kappa shape index (κ2) is 6.16. The van der Waals surface area contributed by atoms with E-state index >= 15 is 0 Å². The maximum atomic E-state index is 9.46. The Morgan fingerprint density at radius 1 is 1.47 bits per heavy atom. The molecule has 0 spiro atoms. The van der Waals surface area contributed by atoms with Gasteiger partial charge in [-0.2, -0.15) is 5.26 Å². The van der Waals surface area contributed by atoms with Crippen LogP contribution >= 0.6 is 0 Å². The van der Waals surface area contributed by atoms with Crippen LogP contribution in [0, 0.1) is 11.3 Å². The molecule has 1 heterocycles. The van der Waals surface area contributed by atoms with Crippen LogP contribution in [-0.2, 0) is 10.3 Å². The molecule has 4 heteroatoms. The molecule has 1 aliphatic heterocycles. The first kappa shape index (κ1) is 14.0. The summed E-state index contributed by atoms with van der Waals surface area (Å²) in [4.78, 5) is 2.23. The van der Waals surface area contributed by atoms with Crippen molar-refractivity contribution in [3.63, 3.8) is 0 Å². The zero-order valence-electron chi connectivity index (χ0n) is 11.4. The Morgan fingerprint density at radius 3 is 2.84 bits per heavy atom. The third-order valence-corrected chi connectivity index (χ3v) is 3.76. The van der Waals surface area contributed by atoms with Crippen molar-refractivity contribution in [1.29, 1.82) is 5.26 Å². The van der Waals surface area contributed by atoms with E-state index in [0.717, 1.165) is 31.5 Å². The van der Waals surface area contributed by atoms with Crippen LogP contribution in [0.25, 0.3) is 0 Å². The third kappa shape index (κ3) is 3.32. The third-order valence-electron chi connectivity index (χ3n) is 3.76. The SMILES string of the molecule is COC1CCCN(CC(N)(C#N)c2ccccc2)C1. The van der Waals surface area contributed by atoms with E-state index in [4.69, 9.17) is 10.5 Å². The number of nitrogens with zero attached hydrogens (tertiary/aromatic N) is 2. The van der Waals surface area contributed by atoms with E-state index in [0.29, 0.717) is 6.54 Å². The molecule has 1 aromatic carbocycles. The number of hydrogen-bond donors (Lipinski definition) is 1. The highest BCUT2D eigenvalue weighted by molar-refractivity contribution is 5.31. The number of benzene rings is 1. The van der Waals surface area contributed by atoms with Crippen LogP contribution in [0.2, 0.25) is 0 Å². The Morgan fingerprint density at radius 2 is 2.21 bits per heavy atom. The normalized spacial score (nSPS) is 23.5. The lowest BCUT2D eigenvalue weighted by molar-refractivity contribution is 0.0263. The number of nitriles is 1. The number of methoxy groups -OCH3 is 1. The average molecular weight is 259 g/mol. The lowest BCUT2D eigenvalue weighted by Gasteiger charge is -2.36. The molecule has 102 valence electrons. The van der Waals surface area contributed by atoms with Gasteiger partial charge in [0.15, 0.2) is 0 Å². The molecule has 1 saturated heterocycles. The minimum Gasteiger partial charge on any atom is -0.380 e. The molecule has 19 heavy (non-hydrogen) atoms. The Bertz CT molecular complexity index is 442. The largest absolute Gasteiger partial charge is 0.380 e. The van der Waals surface area contributed by atoms with Crippen molar-refractivity contribution in [2.24, 2.45) is 5.73 Å². The van der Waals surface area contributed by atoms with Crippen molar-refractivity contribution in [2.45, 2.75) is 24.5 Å².